The molecule has 1 atom stereocenters. The molecule has 3 heterocycles. The van der Waals surface area contributed by atoms with Gasteiger partial charge in [0, 0.05) is 44.2 Å². The number of hydrogen-bond acceptors (Lipinski definition) is 3. The monoisotopic (exact) mass is 381 g/mol. The summed E-state index contributed by atoms with van der Waals surface area (Å²) in [6, 6.07) is 3.17. The molecule has 1 aliphatic rings. The highest BCUT2D eigenvalue weighted by molar-refractivity contribution is 8.32. The lowest BCUT2D eigenvalue weighted by Crippen LogP contribution is -2.22. The van der Waals surface area contributed by atoms with Crippen molar-refractivity contribution in [3.05, 3.63) is 40.7 Å². The summed E-state index contributed by atoms with van der Waals surface area (Å²) < 4.78 is 7.85. The Kier molecular flexibility index (Phi) is 5.20. The van der Waals surface area contributed by atoms with Crippen molar-refractivity contribution in [2.45, 2.75) is 32.4 Å². The van der Waals surface area contributed by atoms with Crippen LogP contribution in [0.25, 0.3) is 11.0 Å². The van der Waals surface area contributed by atoms with Gasteiger partial charge in [-0.2, -0.15) is 10.9 Å². The van der Waals surface area contributed by atoms with E-state index in [1.54, 1.807) is 0 Å². The highest BCUT2D eigenvalue weighted by Gasteiger charge is 2.18. The summed E-state index contributed by atoms with van der Waals surface area (Å²) in [5, 5.41) is 4.87. The van der Waals surface area contributed by atoms with E-state index in [0.29, 0.717) is 6.73 Å². The Morgan fingerprint density at radius 2 is 2.12 bits per heavy atom. The van der Waals surface area contributed by atoms with Crippen molar-refractivity contribution >= 4 is 46.6 Å². The van der Waals surface area contributed by atoms with Crippen molar-refractivity contribution in [3.63, 3.8) is 0 Å². The predicted molar refractivity (Wildman–Crippen MR) is 109 cm³/mol. The van der Waals surface area contributed by atoms with Gasteiger partial charge in [-0.3, -0.25) is 4.99 Å². The lowest BCUT2D eigenvalue weighted by molar-refractivity contribution is 0.0899. The number of pyridine rings is 1. The van der Waals surface area contributed by atoms with Crippen LogP contribution in [0.2, 0.25) is 30.7 Å². The third kappa shape index (κ3) is 3.77. The Balaban J connectivity index is 1.77. The van der Waals surface area contributed by atoms with E-state index in [1.807, 2.05) is 29.2 Å². The first kappa shape index (κ1) is 17.7. The van der Waals surface area contributed by atoms with E-state index < -0.39 is 8.07 Å². The SMILES string of the molecule is C[SH]1C=CN=C1c1cnc2c(ccn2COCC[Si](C)(C)C)c1Cl. The van der Waals surface area contributed by atoms with Gasteiger partial charge in [0.05, 0.1) is 10.1 Å². The van der Waals surface area contributed by atoms with Crippen LogP contribution in [0.4, 0.5) is 0 Å². The average Bonchev–Trinajstić information content (AvgIpc) is 3.10. The van der Waals surface area contributed by atoms with Gasteiger partial charge in [-0.25, -0.2) is 4.98 Å². The van der Waals surface area contributed by atoms with Crippen LogP contribution in [-0.4, -0.2) is 35.5 Å². The van der Waals surface area contributed by atoms with Crippen LogP contribution in [-0.2, 0) is 11.5 Å². The summed E-state index contributed by atoms with van der Waals surface area (Å²) in [5.41, 5.74) is 1.81. The number of fused-ring (bicyclic) bond motifs is 1. The van der Waals surface area contributed by atoms with E-state index in [-0.39, 0.29) is 10.9 Å². The van der Waals surface area contributed by atoms with Crippen LogP contribution in [0.1, 0.15) is 5.56 Å². The number of ether oxygens (including phenoxy) is 1. The minimum absolute atomic E-state index is 0.375. The molecule has 2 aromatic rings. The summed E-state index contributed by atoms with van der Waals surface area (Å²) in [5.74, 6) is 0. The third-order valence-corrected chi connectivity index (χ3v) is 7.73. The lowest BCUT2D eigenvalue weighted by Gasteiger charge is -2.16. The fraction of sp³-hybridized carbons (Fsp3) is 0.412. The fourth-order valence-corrected chi connectivity index (χ4v) is 4.85. The summed E-state index contributed by atoms with van der Waals surface area (Å²) in [6.45, 7) is 8.37. The quantitative estimate of drug-likeness (QED) is 0.440. The minimum Gasteiger partial charge on any atom is -0.361 e. The second-order valence-corrected chi connectivity index (χ2v) is 15.2. The Bertz CT molecular complexity index is 810. The minimum atomic E-state index is -1.06. The number of nitrogens with zero attached hydrogens (tertiary/aromatic N) is 3. The molecule has 0 bridgehead atoms. The molecule has 4 nitrogen and oxygen atoms in total. The summed E-state index contributed by atoms with van der Waals surface area (Å²) >= 11 is 6.63. The van der Waals surface area contributed by atoms with Crippen LogP contribution in [0.15, 0.2) is 35.1 Å². The molecule has 0 radical (unpaired) electrons. The molecule has 3 rings (SSSR count). The number of rotatable bonds is 6. The molecule has 0 saturated carbocycles. The Labute approximate surface area is 151 Å². The molecule has 1 unspecified atom stereocenters. The van der Waals surface area contributed by atoms with Crippen molar-refractivity contribution < 1.29 is 4.74 Å². The van der Waals surface area contributed by atoms with Crippen LogP contribution in [0.5, 0.6) is 0 Å². The van der Waals surface area contributed by atoms with E-state index in [1.165, 1.54) is 0 Å². The van der Waals surface area contributed by atoms with Gasteiger partial charge in [0.15, 0.2) is 0 Å². The molecule has 0 spiro atoms. The number of halogens is 1. The maximum absolute atomic E-state index is 6.63. The molecule has 130 valence electrons. The first-order valence-electron chi connectivity index (χ1n) is 8.05. The van der Waals surface area contributed by atoms with Crippen molar-refractivity contribution in [1.82, 2.24) is 9.55 Å². The van der Waals surface area contributed by atoms with Crippen LogP contribution in [0, 0.1) is 0 Å². The van der Waals surface area contributed by atoms with Gasteiger partial charge in [-0.05, 0) is 23.8 Å². The molecule has 7 heteroatoms. The van der Waals surface area contributed by atoms with Gasteiger partial charge < -0.3 is 9.30 Å². The van der Waals surface area contributed by atoms with E-state index in [2.05, 4.69) is 41.3 Å². The molecule has 0 aromatic carbocycles. The van der Waals surface area contributed by atoms with Gasteiger partial charge in [-0.15, -0.1) is 0 Å². The van der Waals surface area contributed by atoms with Gasteiger partial charge in [-0.1, -0.05) is 31.2 Å². The number of thiol groups is 1. The van der Waals surface area contributed by atoms with Crippen LogP contribution in [0.3, 0.4) is 0 Å². The van der Waals surface area contributed by atoms with Gasteiger partial charge in [0.2, 0.25) is 0 Å². The number of aromatic nitrogens is 2. The molecule has 0 N–H and O–H groups in total. The lowest BCUT2D eigenvalue weighted by atomic mass is 10.2. The highest BCUT2D eigenvalue weighted by atomic mass is 35.5. The zero-order chi connectivity index (χ0) is 17.3. The second-order valence-electron chi connectivity index (χ2n) is 7.22. The van der Waals surface area contributed by atoms with Crippen molar-refractivity contribution in [2.75, 3.05) is 12.9 Å². The molecule has 2 aromatic heterocycles. The third-order valence-electron chi connectivity index (χ3n) is 4.01. The average molecular weight is 382 g/mol. The topological polar surface area (TPSA) is 39.4 Å². The maximum Gasteiger partial charge on any atom is 0.143 e. The van der Waals surface area contributed by atoms with Crippen LogP contribution < -0.4 is 0 Å². The van der Waals surface area contributed by atoms with E-state index >= 15 is 0 Å². The van der Waals surface area contributed by atoms with Crippen LogP contribution >= 0.6 is 22.5 Å². The van der Waals surface area contributed by atoms with E-state index in [0.717, 1.165) is 39.3 Å². The second kappa shape index (κ2) is 7.04. The summed E-state index contributed by atoms with van der Waals surface area (Å²) in [6.07, 6.45) is 7.87. The largest absolute Gasteiger partial charge is 0.361 e. The first-order chi connectivity index (χ1) is 11.4. The van der Waals surface area contributed by atoms with Crippen molar-refractivity contribution in [3.8, 4) is 0 Å². The van der Waals surface area contributed by atoms with Crippen molar-refractivity contribution in [1.29, 1.82) is 0 Å². The number of aliphatic imine (C=N–C) groups is 1. The van der Waals surface area contributed by atoms with Crippen molar-refractivity contribution in [2.24, 2.45) is 4.99 Å². The summed E-state index contributed by atoms with van der Waals surface area (Å²) in [7, 11) is -1.43. The smallest absolute Gasteiger partial charge is 0.143 e. The summed E-state index contributed by atoms with van der Waals surface area (Å²) in [4.78, 5) is 9.08. The molecular weight excluding hydrogens is 358 g/mol. The molecule has 1 aliphatic heterocycles. The van der Waals surface area contributed by atoms with E-state index in [4.69, 9.17) is 16.3 Å². The molecule has 0 aliphatic carbocycles. The Morgan fingerprint density at radius 3 is 2.79 bits per heavy atom. The molecule has 0 fully saturated rings. The van der Waals surface area contributed by atoms with E-state index in [9.17, 15) is 0 Å². The zero-order valence-corrected chi connectivity index (χ0v) is 17.2. The van der Waals surface area contributed by atoms with Gasteiger partial charge >= 0.3 is 0 Å². The zero-order valence-electron chi connectivity index (χ0n) is 14.6. The maximum atomic E-state index is 6.63. The number of hydrogen-bond donors (Lipinski definition) is 1. The standard InChI is InChI=1S/C17H24ClN3OSSi/c1-23-9-6-19-17(23)14-11-20-16-13(15(14)18)5-7-21(16)12-22-8-10-24(2,3)4/h5-7,9,11,23H,8,10,12H2,1-4H3. The van der Waals surface area contributed by atoms with Gasteiger partial charge in [0.1, 0.15) is 12.4 Å². The normalized spacial score (nSPS) is 19.2. The first-order valence-corrected chi connectivity index (χ1v) is 14.0. The fourth-order valence-electron chi connectivity index (χ4n) is 2.53. The molecule has 0 saturated heterocycles. The molecular formula is C17H24ClN3OSSi. The molecule has 24 heavy (non-hydrogen) atoms. The predicted octanol–water partition coefficient (Wildman–Crippen LogP) is 4.86. The molecule has 0 amide bonds. The highest BCUT2D eigenvalue weighted by Crippen LogP contribution is 2.37. The Morgan fingerprint density at radius 1 is 1.33 bits per heavy atom. The van der Waals surface area contributed by atoms with Gasteiger partial charge in [0.25, 0.3) is 0 Å². The Hall–Kier alpha value is -1.08.